The molecule has 0 radical (unpaired) electrons. The molecule has 82 valence electrons. The maximum atomic E-state index is 11.6. The van der Waals surface area contributed by atoms with E-state index < -0.39 is 5.97 Å². The Hall–Kier alpha value is -2.17. The molecule has 2 aromatic rings. The zero-order valence-electron chi connectivity index (χ0n) is 8.71. The molecule has 0 N–H and O–H groups in total. The summed E-state index contributed by atoms with van der Waals surface area (Å²) in [5, 5.41) is 0. The number of hydrogen-bond acceptors (Lipinski definition) is 4. The molecule has 0 unspecified atom stereocenters. The SMILES string of the molecule is CCOC(=O)c1nc(C=O)n2ccccc12. The van der Waals surface area contributed by atoms with Gasteiger partial charge < -0.3 is 4.74 Å². The molecule has 5 heteroatoms. The second-order valence-electron chi connectivity index (χ2n) is 3.11. The van der Waals surface area contributed by atoms with Crippen LogP contribution in [-0.2, 0) is 4.74 Å². The zero-order valence-corrected chi connectivity index (χ0v) is 8.71. The predicted octanol–water partition coefficient (Wildman–Crippen LogP) is 1.32. The number of aldehydes is 1. The van der Waals surface area contributed by atoms with Crippen molar-refractivity contribution < 1.29 is 14.3 Å². The maximum absolute atomic E-state index is 11.6. The van der Waals surface area contributed by atoms with E-state index >= 15 is 0 Å². The summed E-state index contributed by atoms with van der Waals surface area (Å²) in [6.45, 7) is 2.00. The Balaban J connectivity index is 2.61. The largest absolute Gasteiger partial charge is 0.461 e. The summed E-state index contributed by atoms with van der Waals surface area (Å²) in [5.74, 6) is -0.321. The standard InChI is InChI=1S/C11H10N2O3/c1-2-16-11(15)10-8-5-3-4-6-13(8)9(7-14)12-10/h3-7H,2H2,1H3. The summed E-state index contributed by atoms with van der Waals surface area (Å²) < 4.78 is 6.42. The smallest absolute Gasteiger partial charge is 0.359 e. The molecule has 16 heavy (non-hydrogen) atoms. The lowest BCUT2D eigenvalue weighted by molar-refractivity contribution is 0.0522. The average Bonchev–Trinajstić information content (AvgIpc) is 2.68. The lowest BCUT2D eigenvalue weighted by atomic mass is 10.3. The highest BCUT2D eigenvalue weighted by Gasteiger charge is 2.17. The lowest BCUT2D eigenvalue weighted by Gasteiger charge is -1.98. The van der Waals surface area contributed by atoms with Crippen LogP contribution >= 0.6 is 0 Å². The van der Waals surface area contributed by atoms with E-state index in [-0.39, 0.29) is 18.1 Å². The molecule has 0 aliphatic carbocycles. The monoisotopic (exact) mass is 218 g/mol. The molecule has 0 aliphatic rings. The van der Waals surface area contributed by atoms with Gasteiger partial charge in [0.05, 0.1) is 12.1 Å². The highest BCUT2D eigenvalue weighted by Crippen LogP contribution is 2.13. The van der Waals surface area contributed by atoms with Crippen molar-refractivity contribution in [2.75, 3.05) is 6.61 Å². The van der Waals surface area contributed by atoms with E-state index in [9.17, 15) is 9.59 Å². The molecular formula is C11H10N2O3. The van der Waals surface area contributed by atoms with Gasteiger partial charge in [-0.1, -0.05) is 6.07 Å². The Morgan fingerprint density at radius 1 is 1.56 bits per heavy atom. The van der Waals surface area contributed by atoms with Gasteiger partial charge in [-0.15, -0.1) is 0 Å². The van der Waals surface area contributed by atoms with Gasteiger partial charge in [-0.25, -0.2) is 9.78 Å². The van der Waals surface area contributed by atoms with Gasteiger partial charge in [0, 0.05) is 6.20 Å². The Kier molecular flexibility index (Phi) is 2.68. The Morgan fingerprint density at radius 2 is 2.38 bits per heavy atom. The van der Waals surface area contributed by atoms with Crippen LogP contribution in [0.3, 0.4) is 0 Å². The minimum absolute atomic E-state index is 0.171. The molecule has 0 saturated carbocycles. The normalized spacial score (nSPS) is 10.3. The molecular weight excluding hydrogens is 208 g/mol. The number of hydrogen-bond donors (Lipinski definition) is 0. The van der Waals surface area contributed by atoms with Crippen molar-refractivity contribution in [2.24, 2.45) is 0 Å². The van der Waals surface area contributed by atoms with Crippen molar-refractivity contribution in [1.29, 1.82) is 0 Å². The van der Waals surface area contributed by atoms with Crippen LogP contribution in [0.25, 0.3) is 5.52 Å². The summed E-state index contributed by atoms with van der Waals surface area (Å²) in [6.07, 6.45) is 2.28. The third-order valence-corrected chi connectivity index (χ3v) is 2.15. The second-order valence-corrected chi connectivity index (χ2v) is 3.11. The summed E-state index contributed by atoms with van der Waals surface area (Å²) >= 11 is 0. The van der Waals surface area contributed by atoms with E-state index in [1.165, 1.54) is 0 Å². The first kappa shape index (κ1) is 10.4. The summed E-state index contributed by atoms with van der Waals surface area (Å²) in [7, 11) is 0. The Bertz CT molecular complexity index is 545. The van der Waals surface area contributed by atoms with Crippen molar-refractivity contribution in [1.82, 2.24) is 9.38 Å². The van der Waals surface area contributed by atoms with E-state index in [1.807, 2.05) is 0 Å². The van der Waals surface area contributed by atoms with Gasteiger partial charge in [-0.2, -0.15) is 0 Å². The van der Waals surface area contributed by atoms with Crippen LogP contribution in [-0.4, -0.2) is 28.2 Å². The number of carbonyl (C=O) groups excluding carboxylic acids is 2. The molecule has 2 heterocycles. The van der Waals surface area contributed by atoms with Crippen LogP contribution in [0.5, 0.6) is 0 Å². The van der Waals surface area contributed by atoms with Gasteiger partial charge in [0.1, 0.15) is 0 Å². The Labute approximate surface area is 91.7 Å². The molecule has 0 aromatic carbocycles. The third kappa shape index (κ3) is 1.56. The van der Waals surface area contributed by atoms with E-state index in [0.717, 1.165) is 0 Å². The number of nitrogens with zero attached hydrogens (tertiary/aromatic N) is 2. The number of carbonyl (C=O) groups is 2. The number of esters is 1. The molecule has 0 amide bonds. The van der Waals surface area contributed by atoms with E-state index in [2.05, 4.69) is 4.98 Å². The van der Waals surface area contributed by atoms with Gasteiger partial charge in [0.25, 0.3) is 0 Å². The molecule has 0 spiro atoms. The number of imidazole rings is 1. The van der Waals surface area contributed by atoms with E-state index in [4.69, 9.17) is 4.74 Å². The quantitative estimate of drug-likeness (QED) is 0.576. The van der Waals surface area contributed by atoms with Crippen molar-refractivity contribution in [3.63, 3.8) is 0 Å². The van der Waals surface area contributed by atoms with Gasteiger partial charge >= 0.3 is 5.97 Å². The number of aromatic nitrogens is 2. The minimum Gasteiger partial charge on any atom is -0.461 e. The van der Waals surface area contributed by atoms with E-state index in [1.54, 1.807) is 35.7 Å². The van der Waals surface area contributed by atoms with Gasteiger partial charge in [0.2, 0.25) is 0 Å². The molecule has 0 aliphatic heterocycles. The average molecular weight is 218 g/mol. The van der Waals surface area contributed by atoms with Gasteiger partial charge in [-0.3, -0.25) is 9.20 Å². The molecule has 5 nitrogen and oxygen atoms in total. The fraction of sp³-hybridized carbons (Fsp3) is 0.182. The highest BCUT2D eigenvalue weighted by molar-refractivity contribution is 5.96. The van der Waals surface area contributed by atoms with Gasteiger partial charge in [-0.05, 0) is 19.1 Å². The first-order valence-electron chi connectivity index (χ1n) is 4.87. The first-order valence-corrected chi connectivity index (χ1v) is 4.87. The van der Waals surface area contributed by atoms with Gasteiger partial charge in [0.15, 0.2) is 17.8 Å². The third-order valence-electron chi connectivity index (χ3n) is 2.15. The maximum Gasteiger partial charge on any atom is 0.359 e. The predicted molar refractivity (Wildman–Crippen MR) is 56.5 cm³/mol. The number of ether oxygens (including phenoxy) is 1. The summed E-state index contributed by atoms with van der Waals surface area (Å²) in [5.41, 5.74) is 0.743. The number of rotatable bonds is 3. The van der Waals surface area contributed by atoms with Crippen molar-refractivity contribution in [3.05, 3.63) is 35.9 Å². The fourth-order valence-corrected chi connectivity index (χ4v) is 1.49. The van der Waals surface area contributed by atoms with Crippen molar-refractivity contribution in [3.8, 4) is 0 Å². The molecule has 2 aromatic heterocycles. The lowest BCUT2D eigenvalue weighted by Crippen LogP contribution is -2.05. The van der Waals surface area contributed by atoms with Crippen molar-refractivity contribution >= 4 is 17.8 Å². The van der Waals surface area contributed by atoms with E-state index in [0.29, 0.717) is 11.8 Å². The zero-order chi connectivity index (χ0) is 11.5. The van der Waals surface area contributed by atoms with Crippen molar-refractivity contribution in [2.45, 2.75) is 6.92 Å². The molecule has 0 atom stereocenters. The molecule has 0 fully saturated rings. The Morgan fingerprint density at radius 3 is 3.06 bits per heavy atom. The second kappa shape index (κ2) is 4.14. The van der Waals surface area contributed by atoms with Crippen LogP contribution in [0.2, 0.25) is 0 Å². The molecule has 0 saturated heterocycles. The minimum atomic E-state index is -0.515. The first-order chi connectivity index (χ1) is 7.77. The topological polar surface area (TPSA) is 60.7 Å². The summed E-state index contributed by atoms with van der Waals surface area (Å²) in [6, 6.07) is 5.25. The highest BCUT2D eigenvalue weighted by atomic mass is 16.5. The van der Waals surface area contributed by atoms with Crippen LogP contribution in [0.15, 0.2) is 24.4 Å². The van der Waals surface area contributed by atoms with Crippen LogP contribution in [0.1, 0.15) is 28.0 Å². The fourth-order valence-electron chi connectivity index (χ4n) is 1.49. The number of pyridine rings is 1. The number of fused-ring (bicyclic) bond motifs is 1. The molecule has 0 bridgehead atoms. The molecule has 2 rings (SSSR count). The van der Waals surface area contributed by atoms with Crippen LogP contribution in [0, 0.1) is 0 Å². The van der Waals surface area contributed by atoms with Crippen LogP contribution < -0.4 is 0 Å². The van der Waals surface area contributed by atoms with Crippen LogP contribution in [0.4, 0.5) is 0 Å². The summed E-state index contributed by atoms with van der Waals surface area (Å²) in [4.78, 5) is 26.3.